The zero-order chi connectivity index (χ0) is 29.2. The van der Waals surface area contributed by atoms with Crippen LogP contribution in [0.4, 0.5) is 0 Å². The highest BCUT2D eigenvalue weighted by Crippen LogP contribution is 2.33. The summed E-state index contributed by atoms with van der Waals surface area (Å²) in [5.41, 5.74) is 5.76. The van der Waals surface area contributed by atoms with Gasteiger partial charge in [-0.2, -0.15) is 5.10 Å². The molecular weight excluding hydrogens is 606 g/mol. The van der Waals surface area contributed by atoms with Crippen LogP contribution < -0.4 is 19.6 Å². The minimum atomic E-state index is -3.87. The van der Waals surface area contributed by atoms with Gasteiger partial charge >= 0.3 is 0 Å². The molecule has 0 saturated carbocycles. The molecule has 10 heteroatoms. The summed E-state index contributed by atoms with van der Waals surface area (Å²) in [4.78, 5) is 13.0. The van der Waals surface area contributed by atoms with Gasteiger partial charge in [0.15, 0.2) is 11.5 Å². The molecule has 0 aliphatic carbocycles. The number of sulfonamides is 1. The maximum atomic E-state index is 13.1. The van der Waals surface area contributed by atoms with Crippen LogP contribution in [-0.4, -0.2) is 27.6 Å². The Bertz CT molecular complexity index is 1600. The van der Waals surface area contributed by atoms with Gasteiger partial charge in [-0.3, -0.25) is 4.79 Å². The van der Waals surface area contributed by atoms with Crippen LogP contribution >= 0.6 is 15.9 Å². The van der Waals surface area contributed by atoms with Crippen molar-refractivity contribution in [2.45, 2.75) is 30.9 Å². The third-order valence-electron chi connectivity index (χ3n) is 6.13. The number of methoxy groups -OCH3 is 1. The number of hydrogen-bond donors (Lipinski definition) is 2. The van der Waals surface area contributed by atoms with Gasteiger partial charge in [-0.1, -0.05) is 78.4 Å². The molecule has 0 spiro atoms. The summed E-state index contributed by atoms with van der Waals surface area (Å²) in [7, 11) is -2.33. The molecule has 0 saturated heterocycles. The number of hydrazone groups is 1. The second-order valence-corrected chi connectivity index (χ2v) is 11.8. The fourth-order valence-electron chi connectivity index (χ4n) is 3.95. The summed E-state index contributed by atoms with van der Waals surface area (Å²) in [6.07, 6.45) is 1.31. The molecule has 0 aliphatic rings. The summed E-state index contributed by atoms with van der Waals surface area (Å²) < 4.78 is 40.9. The predicted molar refractivity (Wildman–Crippen MR) is 163 cm³/mol. The molecule has 4 aromatic carbocycles. The van der Waals surface area contributed by atoms with Crippen molar-refractivity contribution in [3.8, 4) is 11.5 Å². The molecule has 0 unspecified atom stereocenters. The van der Waals surface area contributed by atoms with Crippen LogP contribution in [0.5, 0.6) is 11.5 Å². The molecule has 1 amide bonds. The number of ether oxygens (including phenoxy) is 2. The van der Waals surface area contributed by atoms with E-state index in [0.717, 1.165) is 11.1 Å². The van der Waals surface area contributed by atoms with E-state index in [1.807, 2.05) is 43.3 Å². The van der Waals surface area contributed by atoms with Crippen molar-refractivity contribution in [1.29, 1.82) is 0 Å². The zero-order valence-electron chi connectivity index (χ0n) is 22.6. The maximum Gasteiger partial charge on any atom is 0.242 e. The lowest BCUT2D eigenvalue weighted by atomic mass is 10.0. The molecule has 41 heavy (non-hydrogen) atoms. The number of rotatable bonds is 12. The highest BCUT2D eigenvalue weighted by molar-refractivity contribution is 9.10. The van der Waals surface area contributed by atoms with Gasteiger partial charge in [0.2, 0.25) is 15.9 Å². The molecule has 0 fully saturated rings. The lowest BCUT2D eigenvalue weighted by Gasteiger charge is -2.18. The lowest BCUT2D eigenvalue weighted by Crippen LogP contribution is -2.32. The largest absolute Gasteiger partial charge is 0.493 e. The average Bonchev–Trinajstić information content (AvgIpc) is 2.97. The Morgan fingerprint density at radius 2 is 1.61 bits per heavy atom. The van der Waals surface area contributed by atoms with Crippen LogP contribution in [0, 0.1) is 6.92 Å². The topological polar surface area (TPSA) is 106 Å². The summed E-state index contributed by atoms with van der Waals surface area (Å²) >= 11 is 3.52. The van der Waals surface area contributed by atoms with E-state index >= 15 is 0 Å². The fourth-order valence-corrected chi connectivity index (χ4v) is 5.60. The van der Waals surface area contributed by atoms with Gasteiger partial charge in [0, 0.05) is 16.5 Å². The summed E-state index contributed by atoms with van der Waals surface area (Å²) in [6.45, 7) is 2.26. The van der Waals surface area contributed by atoms with Gasteiger partial charge in [0.25, 0.3) is 0 Å². The van der Waals surface area contributed by atoms with Gasteiger partial charge in [-0.25, -0.2) is 18.6 Å². The standard InChI is InChI=1S/C31H30BrN3O5S/c1-22-13-15-26(16-14-22)41(37,38)35-28(24-11-7-4-8-12-24)19-31(36)34-33-20-25-17-29(39-2)30(18-27(25)32)40-21-23-9-5-3-6-10-23/h3-18,20,28,35H,19,21H2,1-2H3,(H,34,36)/b33-20-/t28-/m1/s1. The molecule has 8 nitrogen and oxygen atoms in total. The van der Waals surface area contributed by atoms with E-state index in [1.165, 1.54) is 18.3 Å². The normalized spacial score (nSPS) is 12.2. The molecule has 2 N–H and O–H groups in total. The average molecular weight is 637 g/mol. The van der Waals surface area contributed by atoms with Crippen LogP contribution in [0.3, 0.4) is 0 Å². The second kappa shape index (κ2) is 14.1. The Morgan fingerprint density at radius 1 is 0.951 bits per heavy atom. The molecule has 0 radical (unpaired) electrons. The zero-order valence-corrected chi connectivity index (χ0v) is 25.0. The summed E-state index contributed by atoms with van der Waals surface area (Å²) in [5, 5.41) is 4.08. The smallest absolute Gasteiger partial charge is 0.242 e. The highest BCUT2D eigenvalue weighted by Gasteiger charge is 2.23. The SMILES string of the molecule is COc1cc(/C=N\NC(=O)C[C@@H](NS(=O)(=O)c2ccc(C)cc2)c2ccccc2)c(Br)cc1OCc1ccccc1. The number of amides is 1. The van der Waals surface area contributed by atoms with Gasteiger partial charge in [0.05, 0.1) is 24.3 Å². The minimum Gasteiger partial charge on any atom is -0.493 e. The molecule has 212 valence electrons. The molecule has 0 heterocycles. The van der Waals surface area contributed by atoms with Crippen molar-refractivity contribution in [3.63, 3.8) is 0 Å². The van der Waals surface area contributed by atoms with Crippen LogP contribution in [0.1, 0.15) is 34.7 Å². The first-order valence-electron chi connectivity index (χ1n) is 12.8. The Kier molecular flexibility index (Phi) is 10.3. The lowest BCUT2D eigenvalue weighted by molar-refractivity contribution is -0.121. The minimum absolute atomic E-state index is 0.123. The van der Waals surface area contributed by atoms with Crippen LogP contribution in [0.2, 0.25) is 0 Å². The molecule has 0 bridgehead atoms. The number of aryl methyl sites for hydroxylation is 1. The van der Waals surface area contributed by atoms with Gasteiger partial charge in [-0.05, 0) is 58.2 Å². The summed E-state index contributed by atoms with van der Waals surface area (Å²) in [6, 6.07) is 27.9. The van der Waals surface area contributed by atoms with E-state index in [9.17, 15) is 13.2 Å². The maximum absolute atomic E-state index is 13.1. The predicted octanol–water partition coefficient (Wildman–Crippen LogP) is 5.91. The second-order valence-electron chi connectivity index (χ2n) is 9.19. The third kappa shape index (κ3) is 8.50. The third-order valence-corrected chi connectivity index (χ3v) is 8.31. The van der Waals surface area contributed by atoms with Crippen molar-refractivity contribution in [1.82, 2.24) is 10.1 Å². The Labute approximate surface area is 248 Å². The van der Waals surface area contributed by atoms with E-state index in [1.54, 1.807) is 55.6 Å². The van der Waals surface area contributed by atoms with Crippen LogP contribution in [-0.2, 0) is 21.4 Å². The molecule has 0 aliphatic heterocycles. The quantitative estimate of drug-likeness (QED) is 0.149. The molecule has 1 atom stereocenters. The van der Waals surface area contributed by atoms with E-state index in [4.69, 9.17) is 9.47 Å². The van der Waals surface area contributed by atoms with Crippen LogP contribution in [0.25, 0.3) is 0 Å². The summed E-state index contributed by atoms with van der Waals surface area (Å²) in [5.74, 6) is 0.593. The first-order chi connectivity index (χ1) is 19.7. The number of hydrogen-bond acceptors (Lipinski definition) is 6. The Morgan fingerprint density at radius 3 is 2.27 bits per heavy atom. The molecule has 4 aromatic rings. The van der Waals surface area contributed by atoms with Crippen molar-refractivity contribution in [3.05, 3.63) is 124 Å². The number of carbonyl (C=O) groups is 1. The van der Waals surface area contributed by atoms with Crippen molar-refractivity contribution in [2.75, 3.05) is 7.11 Å². The number of nitrogens with one attached hydrogen (secondary N) is 2. The molecular formula is C31H30BrN3O5S. The first kappa shape index (κ1) is 30.0. The van der Waals surface area contributed by atoms with Gasteiger partial charge < -0.3 is 9.47 Å². The van der Waals surface area contributed by atoms with E-state index in [0.29, 0.717) is 33.7 Å². The van der Waals surface area contributed by atoms with E-state index in [-0.39, 0.29) is 11.3 Å². The van der Waals surface area contributed by atoms with E-state index < -0.39 is 22.0 Å². The van der Waals surface area contributed by atoms with Gasteiger partial charge in [0.1, 0.15) is 6.61 Å². The van der Waals surface area contributed by atoms with E-state index in [2.05, 4.69) is 31.2 Å². The molecule has 0 aromatic heterocycles. The van der Waals surface area contributed by atoms with Gasteiger partial charge in [-0.15, -0.1) is 0 Å². The fraction of sp³-hybridized carbons (Fsp3) is 0.161. The number of benzene rings is 4. The Balaban J connectivity index is 1.43. The number of carbonyl (C=O) groups excluding carboxylic acids is 1. The number of halogens is 1. The van der Waals surface area contributed by atoms with Crippen LogP contribution in [0.15, 0.2) is 112 Å². The molecule has 4 rings (SSSR count). The Hall–Kier alpha value is -3.99. The van der Waals surface area contributed by atoms with Crippen molar-refractivity contribution in [2.24, 2.45) is 5.10 Å². The van der Waals surface area contributed by atoms with Crippen molar-refractivity contribution >= 4 is 38.1 Å². The highest BCUT2D eigenvalue weighted by atomic mass is 79.9. The number of nitrogens with zero attached hydrogens (tertiary/aromatic N) is 1. The first-order valence-corrected chi connectivity index (χ1v) is 15.0. The monoisotopic (exact) mass is 635 g/mol. The van der Waals surface area contributed by atoms with Crippen molar-refractivity contribution < 1.29 is 22.7 Å².